The summed E-state index contributed by atoms with van der Waals surface area (Å²) < 4.78 is 16.4. The van der Waals surface area contributed by atoms with Gasteiger partial charge < -0.3 is 24.6 Å². The Kier molecular flexibility index (Phi) is 6.77. The fraction of sp³-hybridized carbons (Fsp3) is 0.435. The number of hydrogen-bond donors (Lipinski definition) is 2. The van der Waals surface area contributed by atoms with Gasteiger partial charge in [-0.2, -0.15) is 0 Å². The predicted molar refractivity (Wildman–Crippen MR) is 111 cm³/mol. The lowest BCUT2D eigenvalue weighted by molar-refractivity contribution is 0.0879. The monoisotopic (exact) mass is 399 g/mol. The molecule has 0 fully saturated rings. The van der Waals surface area contributed by atoms with E-state index in [4.69, 9.17) is 14.2 Å². The van der Waals surface area contributed by atoms with E-state index in [2.05, 4.69) is 5.32 Å². The van der Waals surface area contributed by atoms with Crippen LogP contribution in [0.25, 0.3) is 0 Å². The lowest BCUT2D eigenvalue weighted by Crippen LogP contribution is -2.39. The molecule has 156 valence electrons. The Balaban J connectivity index is 1.74. The van der Waals surface area contributed by atoms with Crippen molar-refractivity contribution < 1.29 is 24.1 Å². The van der Waals surface area contributed by atoms with Gasteiger partial charge in [-0.1, -0.05) is 30.3 Å². The summed E-state index contributed by atoms with van der Waals surface area (Å²) >= 11 is 0. The standard InChI is InChI=1S/C23H29NO5/c1-14(20(25)15-8-6-5-7-9-15)24-13-16-10-11-17-18(21(16)26)12-19(27-2)23(29-4)22(17)28-3/h5-9,12,14,16,20,24-25H,10-11,13H2,1-4H3. The number of nitrogens with one attached hydrogen (secondary N) is 1. The van der Waals surface area contributed by atoms with Gasteiger partial charge in [-0.3, -0.25) is 4.79 Å². The molecule has 1 aliphatic rings. The summed E-state index contributed by atoms with van der Waals surface area (Å²) in [6.07, 6.45) is 0.789. The molecule has 2 N–H and O–H groups in total. The lowest BCUT2D eigenvalue weighted by Gasteiger charge is -2.28. The normalized spacial score (nSPS) is 18.0. The minimum absolute atomic E-state index is 0.0550. The van der Waals surface area contributed by atoms with Crippen molar-refractivity contribution in [2.24, 2.45) is 5.92 Å². The van der Waals surface area contributed by atoms with Crippen LogP contribution in [0.4, 0.5) is 0 Å². The van der Waals surface area contributed by atoms with Crippen LogP contribution < -0.4 is 19.5 Å². The zero-order valence-corrected chi connectivity index (χ0v) is 17.4. The second-order valence-electron chi connectivity index (χ2n) is 7.32. The highest BCUT2D eigenvalue weighted by atomic mass is 16.5. The molecule has 0 aromatic heterocycles. The Morgan fingerprint density at radius 3 is 2.41 bits per heavy atom. The van der Waals surface area contributed by atoms with E-state index in [1.165, 1.54) is 0 Å². The van der Waals surface area contributed by atoms with Crippen LogP contribution in [-0.2, 0) is 6.42 Å². The number of ether oxygens (including phenoxy) is 3. The van der Waals surface area contributed by atoms with Gasteiger partial charge in [-0.05, 0) is 31.4 Å². The van der Waals surface area contributed by atoms with E-state index < -0.39 is 6.10 Å². The molecule has 0 heterocycles. The number of aliphatic hydroxyl groups excluding tert-OH is 1. The van der Waals surface area contributed by atoms with Crippen LogP contribution in [0.5, 0.6) is 17.2 Å². The molecule has 0 saturated heterocycles. The van der Waals surface area contributed by atoms with Crippen molar-refractivity contribution in [3.63, 3.8) is 0 Å². The van der Waals surface area contributed by atoms with Crippen LogP contribution in [0.1, 0.15) is 40.9 Å². The zero-order valence-electron chi connectivity index (χ0n) is 17.4. The maximum Gasteiger partial charge on any atom is 0.203 e. The highest BCUT2D eigenvalue weighted by Crippen LogP contribution is 2.45. The van der Waals surface area contributed by atoms with Crippen LogP contribution in [0.3, 0.4) is 0 Å². The van der Waals surface area contributed by atoms with Gasteiger partial charge in [0, 0.05) is 29.6 Å². The molecule has 1 aliphatic carbocycles. The molecule has 0 saturated carbocycles. The lowest BCUT2D eigenvalue weighted by atomic mass is 9.81. The van der Waals surface area contributed by atoms with Gasteiger partial charge in [-0.15, -0.1) is 0 Å². The molecule has 6 nitrogen and oxygen atoms in total. The first-order chi connectivity index (χ1) is 14.0. The van der Waals surface area contributed by atoms with Crippen LogP contribution >= 0.6 is 0 Å². The number of ketones is 1. The summed E-state index contributed by atoms with van der Waals surface area (Å²) in [6.45, 7) is 2.43. The van der Waals surface area contributed by atoms with Crippen LogP contribution in [0.2, 0.25) is 0 Å². The second-order valence-corrected chi connectivity index (χ2v) is 7.32. The number of hydrogen-bond acceptors (Lipinski definition) is 6. The molecule has 6 heteroatoms. The van der Waals surface area contributed by atoms with Gasteiger partial charge in [-0.25, -0.2) is 0 Å². The largest absolute Gasteiger partial charge is 0.493 e. The summed E-state index contributed by atoms with van der Waals surface area (Å²) in [6, 6.07) is 11.1. The van der Waals surface area contributed by atoms with Gasteiger partial charge in [0.05, 0.1) is 27.4 Å². The quantitative estimate of drug-likeness (QED) is 0.710. The molecule has 3 rings (SSSR count). The summed E-state index contributed by atoms with van der Waals surface area (Å²) in [7, 11) is 4.68. The summed E-state index contributed by atoms with van der Waals surface area (Å²) in [4.78, 5) is 13.2. The molecule has 2 aromatic carbocycles. The van der Waals surface area contributed by atoms with Crippen LogP contribution in [0.15, 0.2) is 36.4 Å². The molecular formula is C23H29NO5. The predicted octanol–water partition coefficient (Wildman–Crippen LogP) is 3.17. The molecule has 0 bridgehead atoms. The number of benzene rings is 2. The van der Waals surface area contributed by atoms with Crippen molar-refractivity contribution in [3.8, 4) is 17.2 Å². The number of fused-ring (bicyclic) bond motifs is 1. The molecule has 29 heavy (non-hydrogen) atoms. The highest BCUT2D eigenvalue weighted by Gasteiger charge is 2.33. The third-order valence-corrected chi connectivity index (χ3v) is 5.61. The second kappa shape index (κ2) is 9.29. The van der Waals surface area contributed by atoms with E-state index in [0.29, 0.717) is 42.2 Å². The SMILES string of the molecule is COc1cc2c(c(OC)c1OC)CCC(CNC(C)C(O)c1ccccc1)C2=O. The highest BCUT2D eigenvalue weighted by molar-refractivity contribution is 6.02. The van der Waals surface area contributed by atoms with E-state index in [1.54, 1.807) is 27.4 Å². The van der Waals surface area contributed by atoms with Gasteiger partial charge in [0.2, 0.25) is 5.75 Å². The van der Waals surface area contributed by atoms with Gasteiger partial charge in [0.1, 0.15) is 0 Å². The fourth-order valence-electron chi connectivity index (χ4n) is 3.93. The Labute approximate surface area is 171 Å². The molecule has 0 spiro atoms. The van der Waals surface area contributed by atoms with Crippen molar-refractivity contribution in [2.75, 3.05) is 27.9 Å². The minimum Gasteiger partial charge on any atom is -0.493 e. The maximum atomic E-state index is 13.2. The number of carbonyl (C=O) groups excluding carboxylic acids is 1. The van der Waals surface area contributed by atoms with Crippen molar-refractivity contribution in [2.45, 2.75) is 31.9 Å². The van der Waals surface area contributed by atoms with E-state index in [-0.39, 0.29) is 17.7 Å². The molecule has 2 aromatic rings. The first kappa shape index (κ1) is 21.1. The number of rotatable bonds is 8. The minimum atomic E-state index is -0.633. The van der Waals surface area contributed by atoms with Crippen molar-refractivity contribution in [1.82, 2.24) is 5.32 Å². The smallest absolute Gasteiger partial charge is 0.203 e. The molecule has 0 aliphatic heterocycles. The Morgan fingerprint density at radius 1 is 1.10 bits per heavy atom. The first-order valence-electron chi connectivity index (χ1n) is 9.84. The Bertz CT molecular complexity index is 852. The van der Waals surface area contributed by atoms with Crippen molar-refractivity contribution in [1.29, 1.82) is 0 Å². The van der Waals surface area contributed by atoms with Gasteiger partial charge >= 0.3 is 0 Å². The molecule has 0 radical (unpaired) electrons. The maximum absolute atomic E-state index is 13.2. The van der Waals surface area contributed by atoms with Crippen LogP contribution in [0, 0.1) is 5.92 Å². The molecule has 0 amide bonds. The summed E-state index contributed by atoms with van der Waals surface area (Å²) in [5, 5.41) is 13.9. The van der Waals surface area contributed by atoms with E-state index >= 15 is 0 Å². The van der Waals surface area contributed by atoms with Crippen LogP contribution in [-0.4, -0.2) is 44.8 Å². The van der Waals surface area contributed by atoms with E-state index in [0.717, 1.165) is 11.1 Å². The summed E-state index contributed by atoms with van der Waals surface area (Å²) in [5.41, 5.74) is 2.34. The Morgan fingerprint density at radius 2 is 1.79 bits per heavy atom. The average Bonchev–Trinajstić information content (AvgIpc) is 2.77. The van der Waals surface area contributed by atoms with Crippen molar-refractivity contribution in [3.05, 3.63) is 53.1 Å². The Hall–Kier alpha value is -2.57. The summed E-state index contributed by atoms with van der Waals surface area (Å²) in [5.74, 6) is 1.44. The zero-order chi connectivity index (χ0) is 21.0. The number of Topliss-reactive ketones (excluding diaryl/α,β-unsaturated/α-hetero) is 1. The van der Waals surface area contributed by atoms with E-state index in [1.807, 2.05) is 37.3 Å². The average molecular weight is 399 g/mol. The third-order valence-electron chi connectivity index (χ3n) is 5.61. The molecule has 3 atom stereocenters. The molecular weight excluding hydrogens is 370 g/mol. The number of methoxy groups -OCH3 is 3. The molecule has 3 unspecified atom stereocenters. The van der Waals surface area contributed by atoms with E-state index in [9.17, 15) is 9.90 Å². The van der Waals surface area contributed by atoms with Gasteiger partial charge in [0.25, 0.3) is 0 Å². The number of aliphatic hydroxyl groups is 1. The number of carbonyl (C=O) groups is 1. The first-order valence-corrected chi connectivity index (χ1v) is 9.84. The fourth-order valence-corrected chi connectivity index (χ4v) is 3.93. The topological polar surface area (TPSA) is 77.0 Å². The van der Waals surface area contributed by atoms with Crippen molar-refractivity contribution >= 4 is 5.78 Å². The van der Waals surface area contributed by atoms with Gasteiger partial charge in [0.15, 0.2) is 17.3 Å². The third kappa shape index (κ3) is 4.23.